The van der Waals surface area contributed by atoms with Crippen LogP contribution in [0, 0.1) is 20.8 Å². The molecule has 0 saturated heterocycles. The van der Waals surface area contributed by atoms with Crippen LogP contribution in [0.1, 0.15) is 22.5 Å². The molecule has 84 valence electrons. The van der Waals surface area contributed by atoms with E-state index in [1.165, 1.54) is 11.1 Å². The van der Waals surface area contributed by atoms with Gasteiger partial charge in [-0.25, -0.2) is 4.98 Å². The highest BCUT2D eigenvalue weighted by Crippen LogP contribution is 2.16. The molecule has 0 bridgehead atoms. The first-order chi connectivity index (χ1) is 7.49. The van der Waals surface area contributed by atoms with Crippen molar-refractivity contribution >= 4 is 11.6 Å². The summed E-state index contributed by atoms with van der Waals surface area (Å²) >= 11 is 0. The molecule has 2 rings (SSSR count). The lowest BCUT2D eigenvalue weighted by Crippen LogP contribution is -2.02. The summed E-state index contributed by atoms with van der Waals surface area (Å²) < 4.78 is 1.95. The average Bonchev–Trinajstić information content (AvgIpc) is 2.45. The maximum absolute atomic E-state index is 10.7. The average molecular weight is 218 g/mol. The number of carboxylic acids is 1. The van der Waals surface area contributed by atoms with E-state index in [2.05, 4.69) is 4.98 Å². The Bertz CT molecular complexity index is 570. The number of carbonyl (C=O) groups is 1. The van der Waals surface area contributed by atoms with Crippen LogP contribution in [0.5, 0.6) is 0 Å². The van der Waals surface area contributed by atoms with Crippen LogP contribution in [-0.4, -0.2) is 20.5 Å². The second-order valence-electron chi connectivity index (χ2n) is 4.08. The van der Waals surface area contributed by atoms with Gasteiger partial charge in [-0.1, -0.05) is 0 Å². The van der Waals surface area contributed by atoms with Crippen molar-refractivity contribution in [2.75, 3.05) is 0 Å². The molecule has 4 heteroatoms. The molecule has 0 radical (unpaired) electrons. The van der Waals surface area contributed by atoms with Gasteiger partial charge in [0.05, 0.1) is 12.1 Å². The Kier molecular flexibility index (Phi) is 2.42. The fraction of sp³-hybridized carbons (Fsp3) is 0.333. The van der Waals surface area contributed by atoms with Gasteiger partial charge in [0.15, 0.2) is 0 Å². The van der Waals surface area contributed by atoms with Gasteiger partial charge < -0.3 is 9.51 Å². The Labute approximate surface area is 93.5 Å². The van der Waals surface area contributed by atoms with E-state index in [0.717, 1.165) is 11.3 Å². The molecule has 1 N–H and O–H groups in total. The Morgan fingerprint density at radius 2 is 2.06 bits per heavy atom. The summed E-state index contributed by atoms with van der Waals surface area (Å²) in [5.74, 6) is -0.847. The van der Waals surface area contributed by atoms with Crippen LogP contribution in [-0.2, 0) is 11.2 Å². The molecule has 0 amide bonds. The van der Waals surface area contributed by atoms with Crippen LogP contribution in [0.2, 0.25) is 0 Å². The number of aliphatic carboxylic acids is 1. The normalized spacial score (nSPS) is 10.9. The van der Waals surface area contributed by atoms with Gasteiger partial charge >= 0.3 is 5.97 Å². The maximum atomic E-state index is 10.7. The number of imidazole rings is 1. The molecule has 0 atom stereocenters. The molecule has 0 aliphatic carbocycles. The van der Waals surface area contributed by atoms with Crippen molar-refractivity contribution in [3.05, 3.63) is 34.8 Å². The highest BCUT2D eigenvalue weighted by atomic mass is 16.4. The molecule has 16 heavy (non-hydrogen) atoms. The van der Waals surface area contributed by atoms with Crippen LogP contribution in [0.25, 0.3) is 5.65 Å². The van der Waals surface area contributed by atoms with Gasteiger partial charge in [-0.3, -0.25) is 4.79 Å². The van der Waals surface area contributed by atoms with E-state index in [9.17, 15) is 4.79 Å². The molecule has 4 nitrogen and oxygen atoms in total. The summed E-state index contributed by atoms with van der Waals surface area (Å²) in [6.07, 6.45) is 1.98. The molecule has 2 aromatic rings. The number of hydrogen-bond donors (Lipinski definition) is 1. The number of pyridine rings is 1. The number of aryl methyl sites for hydroxylation is 3. The quantitative estimate of drug-likeness (QED) is 0.837. The van der Waals surface area contributed by atoms with Crippen molar-refractivity contribution in [1.29, 1.82) is 0 Å². The molecule has 0 aliphatic heterocycles. The van der Waals surface area contributed by atoms with Crippen molar-refractivity contribution in [2.24, 2.45) is 0 Å². The monoisotopic (exact) mass is 218 g/mol. The lowest BCUT2D eigenvalue weighted by molar-refractivity contribution is -0.136. The molecule has 0 fully saturated rings. The van der Waals surface area contributed by atoms with Crippen LogP contribution in [0.3, 0.4) is 0 Å². The molecule has 2 heterocycles. The first kappa shape index (κ1) is 10.7. The topological polar surface area (TPSA) is 54.6 Å². The lowest BCUT2D eigenvalue weighted by Gasteiger charge is -2.02. The van der Waals surface area contributed by atoms with Crippen LogP contribution in [0.15, 0.2) is 12.3 Å². The van der Waals surface area contributed by atoms with Crippen molar-refractivity contribution in [3.8, 4) is 0 Å². The SMILES string of the molecule is Cc1cc2nc(CC(=O)O)c(C)n2cc1C. The van der Waals surface area contributed by atoms with Gasteiger partial charge in [-0.2, -0.15) is 0 Å². The minimum absolute atomic E-state index is 0.0222. The predicted octanol–water partition coefficient (Wildman–Crippen LogP) is 1.89. The minimum Gasteiger partial charge on any atom is -0.481 e. The fourth-order valence-electron chi connectivity index (χ4n) is 1.76. The Morgan fingerprint density at radius 3 is 2.69 bits per heavy atom. The summed E-state index contributed by atoms with van der Waals surface area (Å²) in [6.45, 7) is 5.95. The number of carboxylic acid groups (broad SMARTS) is 1. The van der Waals surface area contributed by atoms with E-state index in [1.807, 2.05) is 37.4 Å². The Hall–Kier alpha value is -1.84. The van der Waals surface area contributed by atoms with Crippen molar-refractivity contribution < 1.29 is 9.90 Å². The molecule has 0 saturated carbocycles. The molecule has 0 spiro atoms. The number of fused-ring (bicyclic) bond motifs is 1. The lowest BCUT2D eigenvalue weighted by atomic mass is 10.2. The van der Waals surface area contributed by atoms with E-state index < -0.39 is 5.97 Å². The highest BCUT2D eigenvalue weighted by Gasteiger charge is 2.11. The second kappa shape index (κ2) is 3.63. The zero-order valence-corrected chi connectivity index (χ0v) is 9.61. The van der Waals surface area contributed by atoms with E-state index in [1.54, 1.807) is 0 Å². The third-order valence-electron chi connectivity index (χ3n) is 2.88. The summed E-state index contributed by atoms with van der Waals surface area (Å²) in [4.78, 5) is 15.0. The predicted molar refractivity (Wildman–Crippen MR) is 60.7 cm³/mol. The van der Waals surface area contributed by atoms with Gasteiger partial charge in [0.1, 0.15) is 5.65 Å². The summed E-state index contributed by atoms with van der Waals surface area (Å²) in [5.41, 5.74) is 4.70. The van der Waals surface area contributed by atoms with E-state index in [4.69, 9.17) is 5.11 Å². The standard InChI is InChI=1S/C12H14N2O2/c1-7-4-11-13-10(5-12(15)16)9(3)14(11)6-8(7)2/h4,6H,5H2,1-3H3,(H,15,16). The van der Waals surface area contributed by atoms with Crippen molar-refractivity contribution in [2.45, 2.75) is 27.2 Å². The van der Waals surface area contributed by atoms with E-state index >= 15 is 0 Å². The zero-order chi connectivity index (χ0) is 11.9. The molecular weight excluding hydrogens is 204 g/mol. The third kappa shape index (κ3) is 1.66. The fourth-order valence-corrected chi connectivity index (χ4v) is 1.76. The molecule has 0 aromatic carbocycles. The minimum atomic E-state index is -0.847. The maximum Gasteiger partial charge on any atom is 0.309 e. The number of rotatable bonds is 2. The first-order valence-corrected chi connectivity index (χ1v) is 5.15. The summed E-state index contributed by atoms with van der Waals surface area (Å²) in [6, 6.07) is 1.98. The van der Waals surface area contributed by atoms with Gasteiger partial charge in [0, 0.05) is 11.9 Å². The first-order valence-electron chi connectivity index (χ1n) is 5.15. The third-order valence-corrected chi connectivity index (χ3v) is 2.88. The van der Waals surface area contributed by atoms with Crippen LogP contribution in [0.4, 0.5) is 0 Å². The van der Waals surface area contributed by atoms with Gasteiger partial charge in [0.25, 0.3) is 0 Å². The van der Waals surface area contributed by atoms with E-state index in [0.29, 0.717) is 5.69 Å². The van der Waals surface area contributed by atoms with Gasteiger partial charge in [-0.15, -0.1) is 0 Å². The number of hydrogen-bond acceptors (Lipinski definition) is 2. The molecule has 2 aromatic heterocycles. The van der Waals surface area contributed by atoms with Crippen molar-refractivity contribution in [3.63, 3.8) is 0 Å². The second-order valence-corrected chi connectivity index (χ2v) is 4.08. The molecule has 0 aliphatic rings. The largest absolute Gasteiger partial charge is 0.481 e. The van der Waals surface area contributed by atoms with Crippen LogP contribution >= 0.6 is 0 Å². The van der Waals surface area contributed by atoms with Gasteiger partial charge in [0.2, 0.25) is 0 Å². The zero-order valence-electron chi connectivity index (χ0n) is 9.61. The summed E-state index contributed by atoms with van der Waals surface area (Å²) in [7, 11) is 0. The van der Waals surface area contributed by atoms with Crippen molar-refractivity contribution in [1.82, 2.24) is 9.38 Å². The summed E-state index contributed by atoms with van der Waals surface area (Å²) in [5, 5.41) is 8.78. The highest BCUT2D eigenvalue weighted by molar-refractivity contribution is 5.70. The van der Waals surface area contributed by atoms with Gasteiger partial charge in [-0.05, 0) is 38.0 Å². The molecular formula is C12H14N2O2. The van der Waals surface area contributed by atoms with Crippen LogP contribution < -0.4 is 0 Å². The smallest absolute Gasteiger partial charge is 0.309 e. The molecule has 0 unspecified atom stereocenters. The number of nitrogens with zero attached hydrogens (tertiary/aromatic N) is 2. The van der Waals surface area contributed by atoms with E-state index in [-0.39, 0.29) is 6.42 Å². The Balaban J connectivity index is 2.63. The number of aromatic nitrogens is 2. The Morgan fingerprint density at radius 1 is 1.38 bits per heavy atom.